The summed E-state index contributed by atoms with van der Waals surface area (Å²) >= 11 is 0. The lowest BCUT2D eigenvalue weighted by atomic mass is 9.62. The fraction of sp³-hybridized carbons (Fsp3) is 0.731. The van der Waals surface area contributed by atoms with Crippen LogP contribution in [0.25, 0.3) is 0 Å². The van der Waals surface area contributed by atoms with Crippen molar-refractivity contribution < 1.29 is 0 Å². The highest BCUT2D eigenvalue weighted by molar-refractivity contribution is 5.27. The molecule has 0 aliphatic heterocycles. The van der Waals surface area contributed by atoms with Crippen LogP contribution in [0.15, 0.2) is 83.3 Å². The van der Waals surface area contributed by atoms with Gasteiger partial charge in [-0.1, -0.05) is 99.6 Å². The van der Waals surface area contributed by atoms with Crippen LogP contribution in [0.4, 0.5) is 0 Å². The molecular formula is C52H78N2. The quantitative estimate of drug-likeness (QED) is 0.218. The van der Waals surface area contributed by atoms with E-state index in [0.29, 0.717) is 41.8 Å². The van der Waals surface area contributed by atoms with Crippen LogP contribution >= 0.6 is 0 Å². The molecule has 0 aromatic carbocycles. The van der Waals surface area contributed by atoms with Crippen molar-refractivity contribution in [1.82, 2.24) is 9.80 Å². The van der Waals surface area contributed by atoms with E-state index in [4.69, 9.17) is 0 Å². The smallest absolute Gasteiger partial charge is 0.0473 e. The van der Waals surface area contributed by atoms with E-state index >= 15 is 0 Å². The number of hydrogen-bond acceptors (Lipinski definition) is 2. The van der Waals surface area contributed by atoms with E-state index in [2.05, 4.69) is 98.3 Å². The molecular weight excluding hydrogens is 653 g/mol. The molecule has 0 N–H and O–H groups in total. The first-order chi connectivity index (χ1) is 26.4. The topological polar surface area (TPSA) is 6.48 Å². The van der Waals surface area contributed by atoms with Crippen LogP contribution in [0.2, 0.25) is 0 Å². The van der Waals surface area contributed by atoms with Crippen molar-refractivity contribution >= 4 is 0 Å². The summed E-state index contributed by atoms with van der Waals surface area (Å²) in [6.07, 6.45) is 55.9. The molecule has 0 aromatic heterocycles. The second-order valence-electron chi connectivity index (χ2n) is 20.2. The molecule has 0 amide bonds. The van der Waals surface area contributed by atoms with Gasteiger partial charge in [0.25, 0.3) is 0 Å². The summed E-state index contributed by atoms with van der Waals surface area (Å²) in [5, 5.41) is 0. The third-order valence-corrected chi connectivity index (χ3v) is 16.2. The molecule has 296 valence electrons. The van der Waals surface area contributed by atoms with Crippen LogP contribution in [-0.4, -0.2) is 34.0 Å². The summed E-state index contributed by atoms with van der Waals surface area (Å²) in [4.78, 5) is 6.07. The maximum atomic E-state index is 3.07. The van der Waals surface area contributed by atoms with Gasteiger partial charge < -0.3 is 9.80 Å². The van der Waals surface area contributed by atoms with Crippen LogP contribution in [0.1, 0.15) is 169 Å². The van der Waals surface area contributed by atoms with E-state index in [0.717, 1.165) is 29.7 Å². The summed E-state index contributed by atoms with van der Waals surface area (Å²) in [6.45, 7) is 9.83. The van der Waals surface area contributed by atoms with E-state index in [1.165, 1.54) is 141 Å². The van der Waals surface area contributed by atoms with Crippen LogP contribution in [-0.2, 0) is 0 Å². The predicted molar refractivity (Wildman–Crippen MR) is 231 cm³/mol. The first-order valence-electron chi connectivity index (χ1n) is 23.8. The number of rotatable bonds is 9. The first-order valence-corrected chi connectivity index (χ1v) is 23.8. The van der Waals surface area contributed by atoms with Gasteiger partial charge in [0.1, 0.15) is 0 Å². The predicted octanol–water partition coefficient (Wildman–Crippen LogP) is 14.1. The second-order valence-corrected chi connectivity index (χ2v) is 20.2. The number of nitrogens with zero attached hydrogens (tertiary/aromatic N) is 2. The zero-order valence-corrected chi connectivity index (χ0v) is 35.2. The average Bonchev–Trinajstić information content (AvgIpc) is 3.21. The minimum atomic E-state index is 0.591. The van der Waals surface area contributed by atoms with E-state index in [-0.39, 0.29) is 0 Å². The van der Waals surface area contributed by atoms with E-state index < -0.39 is 0 Å². The Bertz CT molecular complexity index is 1480. The van der Waals surface area contributed by atoms with E-state index in [9.17, 15) is 0 Å². The zero-order valence-electron chi connectivity index (χ0n) is 35.2. The Labute approximate surface area is 332 Å². The van der Waals surface area contributed by atoms with Crippen molar-refractivity contribution in [1.29, 1.82) is 0 Å². The monoisotopic (exact) mass is 731 g/mol. The highest BCUT2D eigenvalue weighted by Gasteiger charge is 2.41. The molecule has 0 radical (unpaired) electrons. The van der Waals surface area contributed by atoms with Crippen molar-refractivity contribution in [3.8, 4) is 0 Å². The van der Waals surface area contributed by atoms with Gasteiger partial charge in [-0.2, -0.15) is 0 Å². The van der Waals surface area contributed by atoms with Gasteiger partial charge in [-0.25, -0.2) is 0 Å². The number of hydrogen-bond donors (Lipinski definition) is 0. The molecule has 8 aliphatic carbocycles. The molecule has 0 bridgehead atoms. The van der Waals surface area contributed by atoms with Crippen molar-refractivity contribution in [2.75, 3.05) is 0 Å². The Morgan fingerprint density at radius 1 is 0.444 bits per heavy atom. The summed E-state index contributed by atoms with van der Waals surface area (Å²) in [7, 11) is 0. The maximum absolute atomic E-state index is 3.07. The number of allylic oxidation sites excluding steroid dienone is 11. The normalized spacial score (nSPS) is 40.3. The lowest BCUT2D eigenvalue weighted by Gasteiger charge is -2.48. The van der Waals surface area contributed by atoms with Crippen LogP contribution in [0.3, 0.4) is 0 Å². The fourth-order valence-corrected chi connectivity index (χ4v) is 12.8. The van der Waals surface area contributed by atoms with Gasteiger partial charge in [0.2, 0.25) is 0 Å². The van der Waals surface area contributed by atoms with Gasteiger partial charge in [0, 0.05) is 35.6 Å². The van der Waals surface area contributed by atoms with Crippen molar-refractivity contribution in [3.05, 3.63) is 83.3 Å². The lowest BCUT2D eigenvalue weighted by Crippen LogP contribution is -2.46. The highest BCUT2D eigenvalue weighted by atomic mass is 15.2. The summed E-state index contributed by atoms with van der Waals surface area (Å²) in [6, 6.07) is 2.72. The Morgan fingerprint density at radius 2 is 1.00 bits per heavy atom. The molecule has 2 nitrogen and oxygen atoms in total. The van der Waals surface area contributed by atoms with Crippen LogP contribution in [0.5, 0.6) is 0 Å². The van der Waals surface area contributed by atoms with Gasteiger partial charge in [-0.15, -0.1) is 0 Å². The highest BCUT2D eigenvalue weighted by Crippen LogP contribution is 2.49. The van der Waals surface area contributed by atoms with Gasteiger partial charge in [-0.3, -0.25) is 0 Å². The minimum Gasteiger partial charge on any atom is -0.369 e. The average molecular weight is 731 g/mol. The van der Waals surface area contributed by atoms with Crippen LogP contribution in [0, 0.1) is 47.3 Å². The minimum absolute atomic E-state index is 0.591. The molecule has 1 saturated carbocycles. The molecule has 2 heteroatoms. The lowest BCUT2D eigenvalue weighted by molar-refractivity contribution is 0.110. The third-order valence-electron chi connectivity index (χ3n) is 16.2. The SMILES string of the molecule is CC1C=CC(N(C2=CCC(C)CC2)C2CCC=C(C3CCC=CC3C3C=CCCC3C3=CCCC(N(C4=CCC(C)CC4)C4CCC(C)CC4)C3)C2)CC1. The fourth-order valence-electron chi connectivity index (χ4n) is 12.8. The Kier molecular flexibility index (Phi) is 12.8. The van der Waals surface area contributed by atoms with E-state index in [1.54, 1.807) is 11.4 Å². The molecule has 0 heterocycles. The van der Waals surface area contributed by atoms with Gasteiger partial charge in [0.05, 0.1) is 0 Å². The Hall–Kier alpha value is -2.22. The third kappa shape index (κ3) is 8.84. The molecule has 0 saturated heterocycles. The Morgan fingerprint density at radius 3 is 1.52 bits per heavy atom. The second kappa shape index (κ2) is 17.9. The van der Waals surface area contributed by atoms with Crippen molar-refractivity contribution in [3.63, 3.8) is 0 Å². The van der Waals surface area contributed by atoms with Crippen LogP contribution < -0.4 is 0 Å². The maximum Gasteiger partial charge on any atom is 0.0473 e. The molecule has 8 rings (SSSR count). The van der Waals surface area contributed by atoms with Crippen molar-refractivity contribution in [2.45, 2.75) is 193 Å². The standard InChI is InChI=1S/C52H78N2/c1-37-19-27-43(28-20-37)53(44-29-21-38(2)22-30-44)47-13-9-11-41(35-47)49-15-5-7-17-51(49)52-18-8-6-16-50(52)42-12-10-14-48(36-42)54(45-31-23-39(3)24-32-45)46-33-25-40(4)26-34-46/h7-8,11-12,17-19,27,29,31,37-40,43,46-52H,5-6,9-10,13-16,20-26,28,30,32-36H2,1-4H3. The molecule has 10 atom stereocenters. The largest absolute Gasteiger partial charge is 0.369 e. The van der Waals surface area contributed by atoms with Gasteiger partial charge in [-0.05, 0) is 189 Å². The molecule has 1 fully saturated rings. The van der Waals surface area contributed by atoms with Gasteiger partial charge in [0.15, 0.2) is 0 Å². The van der Waals surface area contributed by atoms with Crippen molar-refractivity contribution in [2.24, 2.45) is 47.3 Å². The molecule has 10 unspecified atom stereocenters. The van der Waals surface area contributed by atoms with E-state index in [1.807, 2.05) is 11.1 Å². The van der Waals surface area contributed by atoms with Gasteiger partial charge >= 0.3 is 0 Å². The molecule has 8 aliphatic rings. The molecule has 0 spiro atoms. The first kappa shape index (κ1) is 38.6. The summed E-state index contributed by atoms with van der Waals surface area (Å²) < 4.78 is 0. The molecule has 54 heavy (non-hydrogen) atoms. The zero-order chi connectivity index (χ0) is 37.0. The summed E-state index contributed by atoms with van der Waals surface area (Å²) in [5.41, 5.74) is 7.09. The summed E-state index contributed by atoms with van der Waals surface area (Å²) in [5.74, 6) is 6.04. The Balaban J connectivity index is 1.01. The molecule has 0 aromatic rings.